The highest BCUT2D eigenvalue weighted by molar-refractivity contribution is 5.24. The van der Waals surface area contributed by atoms with E-state index in [-0.39, 0.29) is 5.69 Å². The molecule has 7 nitrogen and oxygen atoms in total. The minimum Gasteiger partial charge on any atom is -0.394 e. The van der Waals surface area contributed by atoms with Gasteiger partial charge in [-0.15, -0.1) is 0 Å². The second-order valence-electron chi connectivity index (χ2n) is 4.81. The van der Waals surface area contributed by atoms with Gasteiger partial charge >= 0.3 is 5.69 Å². The molecule has 0 saturated carbocycles. The summed E-state index contributed by atoms with van der Waals surface area (Å²) in [6.45, 7) is -0.520. The highest BCUT2D eigenvalue weighted by atomic mass is 19.1. The highest BCUT2D eigenvalue weighted by Gasteiger charge is 2.58. The van der Waals surface area contributed by atoms with Crippen LogP contribution in [-0.2, 0) is 4.74 Å². The predicted molar refractivity (Wildman–Crippen MR) is 70.7 cm³/mol. The summed E-state index contributed by atoms with van der Waals surface area (Å²) in [5.41, 5.74) is -4.40. The first kappa shape index (κ1) is 16.4. The summed E-state index contributed by atoms with van der Waals surface area (Å²) >= 11 is 0. The van der Waals surface area contributed by atoms with E-state index < -0.39 is 48.6 Å². The lowest BCUT2D eigenvalue weighted by atomic mass is 9.96. The number of aromatic amines is 1. The second kappa shape index (κ2) is 6.00. The molecule has 1 fully saturated rings. The van der Waals surface area contributed by atoms with E-state index in [2.05, 4.69) is 0 Å². The zero-order chi connectivity index (χ0) is 16.5. The van der Waals surface area contributed by atoms with Crippen molar-refractivity contribution < 1.29 is 23.7 Å². The smallest absolute Gasteiger partial charge is 0.330 e. The zero-order valence-corrected chi connectivity index (χ0v) is 11.5. The SMILES string of the molecule is Cc1cc(=O)[nH]c(=O)n1[C@@H]1O[C@H](CO)C(O)[C@]1(F)C#CCF. The molecule has 0 spiro atoms. The molecule has 1 aliphatic heterocycles. The monoisotopic (exact) mass is 316 g/mol. The van der Waals surface area contributed by atoms with Gasteiger partial charge in [0.1, 0.15) is 18.9 Å². The van der Waals surface area contributed by atoms with Crippen molar-refractivity contribution >= 4 is 0 Å². The molecule has 1 aliphatic rings. The summed E-state index contributed by atoms with van der Waals surface area (Å²) in [7, 11) is 0. The Hall–Kier alpha value is -2.02. The summed E-state index contributed by atoms with van der Waals surface area (Å²) in [6, 6.07) is 1.03. The van der Waals surface area contributed by atoms with Crippen LogP contribution in [0.2, 0.25) is 0 Å². The third-order valence-electron chi connectivity index (χ3n) is 3.38. The molecule has 0 aliphatic carbocycles. The Morgan fingerprint density at radius 2 is 2.23 bits per heavy atom. The summed E-state index contributed by atoms with van der Waals surface area (Å²) in [4.78, 5) is 25.1. The van der Waals surface area contributed by atoms with Crippen LogP contribution in [0.5, 0.6) is 0 Å². The molecule has 0 bridgehead atoms. The summed E-state index contributed by atoms with van der Waals surface area (Å²) in [5.74, 6) is 3.77. The van der Waals surface area contributed by atoms with Gasteiger partial charge in [0, 0.05) is 11.8 Å². The predicted octanol–water partition coefficient (Wildman–Crippen LogP) is -1.22. The number of nitrogens with one attached hydrogen (secondary N) is 1. The fourth-order valence-electron chi connectivity index (χ4n) is 2.36. The average Bonchev–Trinajstić information content (AvgIpc) is 2.69. The van der Waals surface area contributed by atoms with Crippen molar-refractivity contribution in [3.8, 4) is 11.8 Å². The van der Waals surface area contributed by atoms with Crippen LogP contribution in [0.25, 0.3) is 0 Å². The molecule has 2 heterocycles. The molecular formula is C13H14F2N2O5. The lowest BCUT2D eigenvalue weighted by Crippen LogP contribution is -2.45. The van der Waals surface area contributed by atoms with Gasteiger partial charge in [-0.05, 0) is 6.92 Å². The number of rotatable bonds is 2. The number of aromatic nitrogens is 2. The minimum atomic E-state index is -2.81. The van der Waals surface area contributed by atoms with Crippen LogP contribution in [-0.4, -0.2) is 50.9 Å². The van der Waals surface area contributed by atoms with Crippen molar-refractivity contribution in [3.05, 3.63) is 32.6 Å². The highest BCUT2D eigenvalue weighted by Crippen LogP contribution is 2.40. The number of aliphatic hydroxyl groups excluding tert-OH is 2. The first-order valence-electron chi connectivity index (χ1n) is 6.37. The zero-order valence-electron chi connectivity index (χ0n) is 11.5. The van der Waals surface area contributed by atoms with E-state index in [0.29, 0.717) is 0 Å². The number of aryl methyl sites for hydroxylation is 1. The van der Waals surface area contributed by atoms with Gasteiger partial charge in [-0.25, -0.2) is 13.6 Å². The molecule has 3 N–H and O–H groups in total. The van der Waals surface area contributed by atoms with Crippen LogP contribution in [0, 0.1) is 18.8 Å². The van der Waals surface area contributed by atoms with E-state index in [9.17, 15) is 19.1 Å². The maximum atomic E-state index is 15.1. The molecule has 9 heteroatoms. The number of ether oxygens (including phenoxy) is 1. The lowest BCUT2D eigenvalue weighted by Gasteiger charge is -2.25. The lowest BCUT2D eigenvalue weighted by molar-refractivity contribution is -0.0552. The largest absolute Gasteiger partial charge is 0.394 e. The Bertz CT molecular complexity index is 734. The molecule has 4 atom stereocenters. The van der Waals surface area contributed by atoms with E-state index in [1.165, 1.54) is 6.92 Å². The van der Waals surface area contributed by atoms with Gasteiger partial charge in [0.15, 0.2) is 6.23 Å². The van der Waals surface area contributed by atoms with E-state index in [0.717, 1.165) is 10.6 Å². The Kier molecular flexibility index (Phi) is 4.46. The third kappa shape index (κ3) is 2.56. The maximum absolute atomic E-state index is 15.1. The number of halogens is 2. The number of hydrogen-bond donors (Lipinski definition) is 3. The normalized spacial score (nSPS) is 30.9. The molecule has 0 amide bonds. The molecule has 2 rings (SSSR count). The van der Waals surface area contributed by atoms with E-state index in [1.54, 1.807) is 0 Å². The van der Waals surface area contributed by atoms with Gasteiger partial charge in [-0.2, -0.15) is 0 Å². The first-order valence-corrected chi connectivity index (χ1v) is 6.37. The Labute approximate surface area is 123 Å². The number of hydrogen-bond acceptors (Lipinski definition) is 5. The topological polar surface area (TPSA) is 105 Å². The van der Waals surface area contributed by atoms with Gasteiger partial charge in [0.2, 0.25) is 5.67 Å². The minimum absolute atomic E-state index is 0.0635. The van der Waals surface area contributed by atoms with Crippen LogP contribution in [0.4, 0.5) is 8.78 Å². The molecule has 0 radical (unpaired) electrons. The molecule has 1 aromatic heterocycles. The number of nitrogens with zero attached hydrogens (tertiary/aromatic N) is 1. The molecule has 0 aromatic carbocycles. The standard InChI is InChI=1S/C13H14F2N2O5/c1-7-5-9(19)16-12(21)17(7)11-13(15,3-2-4-14)10(20)8(6-18)22-11/h5,8,10-11,18,20H,4,6H2,1H3,(H,16,19,21)/t8-,10?,11-,13-/m1/s1. The Balaban J connectivity index is 2.62. The summed E-state index contributed by atoms with van der Waals surface area (Å²) < 4.78 is 33.2. The molecule has 120 valence electrons. The van der Waals surface area contributed by atoms with Crippen molar-refractivity contribution in [2.75, 3.05) is 13.3 Å². The van der Waals surface area contributed by atoms with Crippen molar-refractivity contribution in [2.24, 2.45) is 0 Å². The maximum Gasteiger partial charge on any atom is 0.330 e. The van der Waals surface area contributed by atoms with Crippen LogP contribution >= 0.6 is 0 Å². The van der Waals surface area contributed by atoms with Crippen molar-refractivity contribution in [1.82, 2.24) is 9.55 Å². The fraction of sp³-hybridized carbons (Fsp3) is 0.538. The Morgan fingerprint density at radius 3 is 2.77 bits per heavy atom. The van der Waals surface area contributed by atoms with Crippen molar-refractivity contribution in [3.63, 3.8) is 0 Å². The van der Waals surface area contributed by atoms with Gasteiger partial charge in [0.25, 0.3) is 5.56 Å². The van der Waals surface area contributed by atoms with Crippen molar-refractivity contribution in [1.29, 1.82) is 0 Å². The quantitative estimate of drug-likeness (QED) is 0.593. The number of H-pyrrole nitrogens is 1. The van der Waals surface area contributed by atoms with Crippen LogP contribution in [0.15, 0.2) is 15.7 Å². The van der Waals surface area contributed by atoms with Crippen molar-refractivity contribution in [2.45, 2.75) is 31.0 Å². The van der Waals surface area contributed by atoms with E-state index in [4.69, 9.17) is 9.84 Å². The molecule has 1 unspecified atom stereocenters. The van der Waals surface area contributed by atoms with Gasteiger partial charge in [-0.1, -0.05) is 11.8 Å². The fourth-order valence-corrected chi connectivity index (χ4v) is 2.36. The van der Waals surface area contributed by atoms with Gasteiger partial charge in [0.05, 0.1) is 6.61 Å². The second-order valence-corrected chi connectivity index (χ2v) is 4.81. The Morgan fingerprint density at radius 1 is 1.55 bits per heavy atom. The van der Waals surface area contributed by atoms with Crippen LogP contribution in [0.3, 0.4) is 0 Å². The summed E-state index contributed by atoms with van der Waals surface area (Å²) in [5, 5.41) is 19.1. The van der Waals surface area contributed by atoms with E-state index >= 15 is 4.39 Å². The molecular weight excluding hydrogens is 302 g/mol. The van der Waals surface area contributed by atoms with E-state index in [1.807, 2.05) is 16.8 Å². The molecule has 22 heavy (non-hydrogen) atoms. The van der Waals surface area contributed by atoms with Gasteiger partial charge < -0.3 is 14.9 Å². The average molecular weight is 316 g/mol. The molecule has 1 saturated heterocycles. The molecule has 1 aromatic rings. The van der Waals surface area contributed by atoms with Crippen LogP contribution in [0.1, 0.15) is 11.9 Å². The summed E-state index contributed by atoms with van der Waals surface area (Å²) in [6.07, 6.45) is -4.97. The van der Waals surface area contributed by atoms with Crippen LogP contribution < -0.4 is 11.2 Å². The number of alkyl halides is 2. The van der Waals surface area contributed by atoms with Gasteiger partial charge in [-0.3, -0.25) is 14.3 Å². The third-order valence-corrected chi connectivity index (χ3v) is 3.38. The number of aliphatic hydroxyl groups is 2. The first-order chi connectivity index (χ1) is 10.3.